The van der Waals surface area contributed by atoms with Crippen molar-refractivity contribution >= 4 is 5.97 Å². The molecule has 0 aliphatic rings. The van der Waals surface area contributed by atoms with Crippen LogP contribution in [0.2, 0.25) is 0 Å². The Kier molecular flexibility index (Phi) is 6.22. The molecule has 0 aliphatic carbocycles. The maximum Gasteiger partial charge on any atom is 1.00 e. The number of benzene rings is 2. The van der Waals surface area contributed by atoms with E-state index in [1.807, 2.05) is 30.3 Å². The van der Waals surface area contributed by atoms with E-state index in [-0.39, 0.29) is 24.4 Å². The summed E-state index contributed by atoms with van der Waals surface area (Å²) in [6.07, 6.45) is 0. The van der Waals surface area contributed by atoms with Crippen LogP contribution in [0.4, 0.5) is 0 Å². The maximum absolute atomic E-state index is 10.6. The van der Waals surface area contributed by atoms with Gasteiger partial charge in [-0.2, -0.15) is 0 Å². The number of aromatic carboxylic acids is 1. The molecule has 3 heteroatoms. The standard InChI is InChI=1S/C17H10O2.Li/c18-17(19)16-12-10-15(11-13-16)9-5-4-8-14-6-2-1-3-7-14;/h1-3,6-7,10-13H,(H,18,19);/q;+1/p-1. The first-order chi connectivity index (χ1) is 9.25. The largest absolute Gasteiger partial charge is 1.00 e. The molecule has 0 saturated heterocycles. The molecule has 2 rings (SSSR count). The van der Waals surface area contributed by atoms with Crippen molar-refractivity contribution < 1.29 is 28.8 Å². The second-order valence-electron chi connectivity index (χ2n) is 3.73. The topological polar surface area (TPSA) is 40.1 Å². The number of carbonyl (C=O) groups is 1. The van der Waals surface area contributed by atoms with Crippen LogP contribution in [0.25, 0.3) is 0 Å². The molecule has 2 aromatic rings. The quantitative estimate of drug-likeness (QED) is 0.456. The second kappa shape index (κ2) is 7.93. The number of hydrogen-bond donors (Lipinski definition) is 0. The van der Waals surface area contributed by atoms with Crippen molar-refractivity contribution in [2.45, 2.75) is 0 Å². The maximum atomic E-state index is 10.6. The van der Waals surface area contributed by atoms with E-state index in [1.165, 1.54) is 12.1 Å². The van der Waals surface area contributed by atoms with Gasteiger partial charge in [-0.25, -0.2) is 0 Å². The zero-order valence-corrected chi connectivity index (χ0v) is 11.0. The number of carbonyl (C=O) groups excluding carboxylic acids is 1. The van der Waals surface area contributed by atoms with Crippen molar-refractivity contribution in [3.63, 3.8) is 0 Å². The van der Waals surface area contributed by atoms with Gasteiger partial charge in [-0.05, 0) is 41.7 Å². The summed E-state index contributed by atoms with van der Waals surface area (Å²) in [5, 5.41) is 10.6. The first-order valence-electron chi connectivity index (χ1n) is 5.64. The Labute approximate surface area is 130 Å². The van der Waals surface area contributed by atoms with Gasteiger partial charge in [0.2, 0.25) is 0 Å². The minimum Gasteiger partial charge on any atom is -0.545 e. The molecule has 90 valence electrons. The van der Waals surface area contributed by atoms with E-state index >= 15 is 0 Å². The van der Waals surface area contributed by atoms with Crippen molar-refractivity contribution in [2.75, 3.05) is 0 Å². The fourth-order valence-corrected chi connectivity index (χ4v) is 1.42. The van der Waals surface area contributed by atoms with Crippen molar-refractivity contribution in [3.8, 4) is 23.7 Å². The predicted octanol–water partition coefficient (Wildman–Crippen LogP) is -1.54. The molecule has 0 N–H and O–H groups in total. The van der Waals surface area contributed by atoms with Crippen LogP contribution < -0.4 is 24.0 Å². The normalized spacial score (nSPS) is 8.20. The number of rotatable bonds is 1. The predicted molar refractivity (Wildman–Crippen MR) is 71.0 cm³/mol. The molecule has 0 aliphatic heterocycles. The minimum absolute atomic E-state index is 0. The zero-order chi connectivity index (χ0) is 13.5. The first kappa shape index (κ1) is 15.7. The molecule has 0 spiro atoms. The second-order valence-corrected chi connectivity index (χ2v) is 3.73. The van der Waals surface area contributed by atoms with Gasteiger partial charge in [0.05, 0.1) is 5.97 Å². The third-order valence-electron chi connectivity index (χ3n) is 2.37. The van der Waals surface area contributed by atoms with Gasteiger partial charge < -0.3 is 9.90 Å². The summed E-state index contributed by atoms with van der Waals surface area (Å²) in [6, 6.07) is 15.7. The summed E-state index contributed by atoms with van der Waals surface area (Å²) in [5.41, 5.74) is 1.76. The molecule has 0 heterocycles. The Morgan fingerprint density at radius 2 is 1.30 bits per heavy atom. The molecule has 0 atom stereocenters. The van der Waals surface area contributed by atoms with Gasteiger partial charge in [0.25, 0.3) is 0 Å². The van der Waals surface area contributed by atoms with Crippen LogP contribution >= 0.6 is 0 Å². The van der Waals surface area contributed by atoms with Crippen LogP contribution in [0, 0.1) is 23.7 Å². The molecule has 0 amide bonds. The molecule has 0 aromatic heterocycles. The summed E-state index contributed by atoms with van der Waals surface area (Å²) in [4.78, 5) is 10.6. The van der Waals surface area contributed by atoms with Crippen molar-refractivity contribution in [2.24, 2.45) is 0 Å². The van der Waals surface area contributed by atoms with Crippen LogP contribution in [-0.2, 0) is 0 Å². The van der Waals surface area contributed by atoms with Gasteiger partial charge in [0.15, 0.2) is 0 Å². The van der Waals surface area contributed by atoms with Crippen molar-refractivity contribution in [3.05, 3.63) is 71.3 Å². The molecular formula is C17H9LiO2. The molecular weight excluding hydrogens is 243 g/mol. The summed E-state index contributed by atoms with van der Waals surface area (Å²) < 4.78 is 0. The van der Waals surface area contributed by atoms with Gasteiger partial charge in [-0.15, -0.1) is 0 Å². The average molecular weight is 252 g/mol. The smallest absolute Gasteiger partial charge is 0.545 e. The number of carboxylic acids is 1. The SMILES string of the molecule is O=C([O-])c1ccc(C#CC#Cc2ccccc2)cc1.[Li+]. The first-order valence-corrected chi connectivity index (χ1v) is 5.64. The molecule has 0 bridgehead atoms. The van der Waals surface area contributed by atoms with Crippen molar-refractivity contribution in [1.29, 1.82) is 0 Å². The van der Waals surface area contributed by atoms with Crippen LogP contribution in [0.1, 0.15) is 21.5 Å². The number of carboxylic acid groups (broad SMARTS) is 1. The summed E-state index contributed by atoms with van der Waals surface area (Å²) in [7, 11) is 0. The van der Waals surface area contributed by atoms with E-state index in [9.17, 15) is 9.90 Å². The Bertz CT molecular complexity index is 696. The third-order valence-corrected chi connectivity index (χ3v) is 2.37. The van der Waals surface area contributed by atoms with Crippen LogP contribution in [0.5, 0.6) is 0 Å². The van der Waals surface area contributed by atoms with E-state index in [0.29, 0.717) is 5.56 Å². The van der Waals surface area contributed by atoms with E-state index in [4.69, 9.17) is 0 Å². The van der Waals surface area contributed by atoms with Gasteiger partial charge in [-0.3, -0.25) is 0 Å². The minimum atomic E-state index is -1.19. The van der Waals surface area contributed by atoms with Gasteiger partial charge in [-0.1, -0.05) is 42.2 Å². The molecule has 20 heavy (non-hydrogen) atoms. The van der Waals surface area contributed by atoms with E-state index in [0.717, 1.165) is 5.56 Å². The van der Waals surface area contributed by atoms with Gasteiger partial charge in [0.1, 0.15) is 0 Å². The fraction of sp³-hybridized carbons (Fsp3) is 0. The van der Waals surface area contributed by atoms with Crippen LogP contribution in [0.15, 0.2) is 54.6 Å². The number of hydrogen-bond acceptors (Lipinski definition) is 2. The van der Waals surface area contributed by atoms with E-state index in [2.05, 4.69) is 23.7 Å². The third kappa shape index (κ3) is 4.72. The van der Waals surface area contributed by atoms with Crippen LogP contribution in [0.3, 0.4) is 0 Å². The molecule has 2 aromatic carbocycles. The Balaban J connectivity index is 0.00000200. The summed E-state index contributed by atoms with van der Waals surface area (Å²) in [5.74, 6) is 10.0. The fourth-order valence-electron chi connectivity index (χ4n) is 1.42. The molecule has 0 radical (unpaired) electrons. The summed E-state index contributed by atoms with van der Waals surface area (Å²) in [6.45, 7) is 0. The van der Waals surface area contributed by atoms with E-state index < -0.39 is 5.97 Å². The monoisotopic (exact) mass is 252 g/mol. The van der Waals surface area contributed by atoms with Crippen molar-refractivity contribution in [1.82, 2.24) is 0 Å². The Hall–Kier alpha value is -2.37. The van der Waals surface area contributed by atoms with E-state index in [1.54, 1.807) is 12.1 Å². The summed E-state index contributed by atoms with van der Waals surface area (Å²) >= 11 is 0. The van der Waals surface area contributed by atoms with Crippen LogP contribution in [-0.4, -0.2) is 5.97 Å². The molecule has 0 saturated carbocycles. The average Bonchev–Trinajstić information content (AvgIpc) is 2.45. The van der Waals surface area contributed by atoms with Gasteiger partial charge in [0, 0.05) is 11.1 Å². The molecule has 0 fully saturated rings. The Morgan fingerprint density at radius 3 is 1.80 bits per heavy atom. The van der Waals surface area contributed by atoms with Gasteiger partial charge >= 0.3 is 18.9 Å². The zero-order valence-electron chi connectivity index (χ0n) is 11.0. The Morgan fingerprint density at radius 1 is 0.800 bits per heavy atom. The molecule has 0 unspecified atom stereocenters. The molecule has 2 nitrogen and oxygen atoms in total.